The van der Waals surface area contributed by atoms with E-state index in [0.717, 1.165) is 12.8 Å². The number of carbonyl (C=O) groups is 1. The molecule has 2 aliphatic rings. The molecule has 2 N–H and O–H groups in total. The van der Waals surface area contributed by atoms with Crippen LogP contribution in [0.15, 0.2) is 0 Å². The highest BCUT2D eigenvalue weighted by molar-refractivity contribution is 5.79. The average Bonchev–Trinajstić information content (AvgIpc) is 2.35. The van der Waals surface area contributed by atoms with Crippen LogP contribution in [0.4, 0.5) is 0 Å². The molecule has 0 bridgehead atoms. The second-order valence-electron chi connectivity index (χ2n) is 7.00. The van der Waals surface area contributed by atoms with Crippen LogP contribution in [-0.2, 0) is 9.53 Å². The first-order valence-electron chi connectivity index (χ1n) is 8.18. The Bertz CT molecular complexity index is 322. The molecule has 1 atom stereocenters. The van der Waals surface area contributed by atoms with Gasteiger partial charge in [0, 0.05) is 25.6 Å². The summed E-state index contributed by atoms with van der Waals surface area (Å²) in [5, 5.41) is 0. The Morgan fingerprint density at radius 3 is 2.40 bits per heavy atom. The lowest BCUT2D eigenvalue weighted by atomic mass is 9.89. The molecule has 1 saturated carbocycles. The van der Waals surface area contributed by atoms with Crippen LogP contribution in [0.3, 0.4) is 0 Å². The van der Waals surface area contributed by atoms with Crippen LogP contribution in [0, 0.1) is 5.92 Å². The van der Waals surface area contributed by atoms with E-state index >= 15 is 0 Å². The molecule has 20 heavy (non-hydrogen) atoms. The molecule has 1 aliphatic heterocycles. The van der Waals surface area contributed by atoms with E-state index in [1.807, 2.05) is 18.7 Å². The predicted molar refractivity (Wildman–Crippen MR) is 80.4 cm³/mol. The van der Waals surface area contributed by atoms with Gasteiger partial charge in [0.1, 0.15) is 0 Å². The van der Waals surface area contributed by atoms with Gasteiger partial charge in [-0.2, -0.15) is 0 Å². The summed E-state index contributed by atoms with van der Waals surface area (Å²) in [5.41, 5.74) is 5.47. The summed E-state index contributed by atoms with van der Waals surface area (Å²) in [4.78, 5) is 14.8. The van der Waals surface area contributed by atoms with Crippen LogP contribution in [0.25, 0.3) is 0 Å². The minimum absolute atomic E-state index is 0.0174. The van der Waals surface area contributed by atoms with Gasteiger partial charge >= 0.3 is 0 Å². The molecule has 0 aromatic heterocycles. The number of morpholine rings is 1. The molecular weight excluding hydrogens is 252 g/mol. The Morgan fingerprint density at radius 1 is 1.20 bits per heavy atom. The Balaban J connectivity index is 1.98. The number of amides is 1. The van der Waals surface area contributed by atoms with Gasteiger partial charge in [0.05, 0.1) is 11.7 Å². The molecule has 0 radical (unpaired) electrons. The summed E-state index contributed by atoms with van der Waals surface area (Å²) in [6.07, 6.45) is 8.40. The van der Waals surface area contributed by atoms with Crippen molar-refractivity contribution < 1.29 is 9.53 Å². The number of ether oxygens (including phenoxy) is 1. The third kappa shape index (κ3) is 4.19. The third-order valence-electron chi connectivity index (χ3n) is 4.51. The van der Waals surface area contributed by atoms with E-state index < -0.39 is 0 Å². The van der Waals surface area contributed by atoms with E-state index in [1.54, 1.807) is 0 Å². The summed E-state index contributed by atoms with van der Waals surface area (Å²) in [6, 6.07) is 0. The fourth-order valence-electron chi connectivity index (χ4n) is 3.55. The smallest absolute Gasteiger partial charge is 0.225 e. The van der Waals surface area contributed by atoms with Crippen molar-refractivity contribution in [3.63, 3.8) is 0 Å². The van der Waals surface area contributed by atoms with Crippen molar-refractivity contribution >= 4 is 5.91 Å². The minimum Gasteiger partial charge on any atom is -0.367 e. The van der Waals surface area contributed by atoms with Gasteiger partial charge in [0.25, 0.3) is 0 Å². The van der Waals surface area contributed by atoms with Crippen LogP contribution >= 0.6 is 0 Å². The molecule has 116 valence electrons. The number of nitrogens with zero attached hydrogens (tertiary/aromatic N) is 1. The van der Waals surface area contributed by atoms with E-state index in [2.05, 4.69) is 0 Å². The molecule has 1 aliphatic carbocycles. The highest BCUT2D eigenvalue weighted by Gasteiger charge is 2.36. The number of rotatable bonds is 2. The zero-order valence-electron chi connectivity index (χ0n) is 13.1. The first kappa shape index (κ1) is 15.8. The van der Waals surface area contributed by atoms with Crippen LogP contribution in [0.1, 0.15) is 58.8 Å². The highest BCUT2D eigenvalue weighted by atomic mass is 16.5. The van der Waals surface area contributed by atoms with Crippen molar-refractivity contribution in [1.29, 1.82) is 0 Å². The summed E-state index contributed by atoms with van der Waals surface area (Å²) < 4.78 is 5.92. The molecule has 0 spiro atoms. The summed E-state index contributed by atoms with van der Waals surface area (Å²) in [6.45, 7) is 5.94. The van der Waals surface area contributed by atoms with Crippen molar-refractivity contribution in [2.75, 3.05) is 19.6 Å². The van der Waals surface area contributed by atoms with E-state index in [-0.39, 0.29) is 17.6 Å². The van der Waals surface area contributed by atoms with Gasteiger partial charge in [-0.1, -0.05) is 32.1 Å². The lowest BCUT2D eigenvalue weighted by Gasteiger charge is -2.43. The standard InChI is InChI=1S/C16H30N2O2/c1-16(2)12-18(11-14(10-17)20-16)15(19)13-8-6-4-3-5-7-9-13/h13-14H,3-12,17H2,1-2H3. The molecule has 4 heteroatoms. The fourth-order valence-corrected chi connectivity index (χ4v) is 3.55. The van der Waals surface area contributed by atoms with E-state index in [9.17, 15) is 4.79 Å². The van der Waals surface area contributed by atoms with Crippen molar-refractivity contribution in [2.24, 2.45) is 11.7 Å². The van der Waals surface area contributed by atoms with Gasteiger partial charge < -0.3 is 15.4 Å². The second-order valence-corrected chi connectivity index (χ2v) is 7.00. The molecule has 0 aromatic rings. The van der Waals surface area contributed by atoms with Crippen molar-refractivity contribution in [3.8, 4) is 0 Å². The van der Waals surface area contributed by atoms with Crippen molar-refractivity contribution in [1.82, 2.24) is 4.90 Å². The van der Waals surface area contributed by atoms with Gasteiger partial charge in [0.2, 0.25) is 5.91 Å². The number of hydrogen-bond donors (Lipinski definition) is 1. The van der Waals surface area contributed by atoms with E-state index in [0.29, 0.717) is 25.5 Å². The Labute approximate surface area is 123 Å². The summed E-state index contributed by atoms with van der Waals surface area (Å²) in [5.74, 6) is 0.560. The molecule has 0 aromatic carbocycles. The highest BCUT2D eigenvalue weighted by Crippen LogP contribution is 2.27. The Hall–Kier alpha value is -0.610. The third-order valence-corrected chi connectivity index (χ3v) is 4.51. The largest absolute Gasteiger partial charge is 0.367 e. The summed E-state index contributed by atoms with van der Waals surface area (Å²) >= 11 is 0. The first-order chi connectivity index (χ1) is 9.52. The molecule has 2 rings (SSSR count). The van der Waals surface area contributed by atoms with Gasteiger partial charge in [-0.15, -0.1) is 0 Å². The van der Waals surface area contributed by atoms with Gasteiger partial charge in [-0.25, -0.2) is 0 Å². The molecule has 1 amide bonds. The van der Waals surface area contributed by atoms with Gasteiger partial charge in [-0.3, -0.25) is 4.79 Å². The maximum atomic E-state index is 12.8. The van der Waals surface area contributed by atoms with E-state index in [4.69, 9.17) is 10.5 Å². The number of nitrogens with two attached hydrogens (primary N) is 1. The predicted octanol–water partition coefficient (Wildman–Crippen LogP) is 2.31. The maximum Gasteiger partial charge on any atom is 0.225 e. The number of carbonyl (C=O) groups excluding carboxylic acids is 1. The fraction of sp³-hybridized carbons (Fsp3) is 0.938. The van der Waals surface area contributed by atoms with Crippen molar-refractivity contribution in [2.45, 2.75) is 70.5 Å². The summed E-state index contributed by atoms with van der Waals surface area (Å²) in [7, 11) is 0. The van der Waals surface area contributed by atoms with Gasteiger partial charge in [0.15, 0.2) is 0 Å². The molecule has 1 saturated heterocycles. The normalized spacial score (nSPS) is 28.8. The lowest BCUT2D eigenvalue weighted by Crippen LogP contribution is -2.57. The average molecular weight is 282 g/mol. The molecule has 1 heterocycles. The SMILES string of the molecule is CC1(C)CN(C(=O)C2CCCCCCC2)CC(CN)O1. The number of hydrogen-bond acceptors (Lipinski definition) is 3. The second kappa shape index (κ2) is 6.90. The Morgan fingerprint density at radius 2 is 1.80 bits per heavy atom. The van der Waals surface area contributed by atoms with Crippen molar-refractivity contribution in [3.05, 3.63) is 0 Å². The molecule has 2 fully saturated rings. The van der Waals surface area contributed by atoms with Crippen LogP contribution < -0.4 is 5.73 Å². The molecule has 4 nitrogen and oxygen atoms in total. The molecular formula is C16H30N2O2. The monoisotopic (exact) mass is 282 g/mol. The lowest BCUT2D eigenvalue weighted by molar-refractivity contribution is -0.163. The Kier molecular flexibility index (Phi) is 5.44. The van der Waals surface area contributed by atoms with Crippen LogP contribution in [-0.4, -0.2) is 42.1 Å². The van der Waals surface area contributed by atoms with Crippen LogP contribution in [0.5, 0.6) is 0 Å². The zero-order chi connectivity index (χ0) is 14.6. The topological polar surface area (TPSA) is 55.6 Å². The van der Waals surface area contributed by atoms with E-state index in [1.165, 1.54) is 32.1 Å². The zero-order valence-corrected chi connectivity index (χ0v) is 13.1. The van der Waals surface area contributed by atoms with Crippen LogP contribution in [0.2, 0.25) is 0 Å². The van der Waals surface area contributed by atoms with Gasteiger partial charge in [-0.05, 0) is 26.7 Å². The minimum atomic E-state index is -0.278. The maximum absolute atomic E-state index is 12.8. The first-order valence-corrected chi connectivity index (χ1v) is 8.18. The quantitative estimate of drug-likeness (QED) is 0.845. The molecule has 1 unspecified atom stereocenters.